The Morgan fingerprint density at radius 1 is 1.06 bits per heavy atom. The van der Waals surface area contributed by atoms with Crippen molar-refractivity contribution in [2.24, 2.45) is 0 Å². The van der Waals surface area contributed by atoms with Crippen molar-refractivity contribution in [3.05, 3.63) is 19.6 Å². The van der Waals surface area contributed by atoms with E-state index < -0.39 is 0 Å². The smallest absolute Gasteiger partial charge is 0.102 e. The molecule has 0 unspecified atom stereocenters. The average molecular weight is 323 g/mol. The molecule has 6 heteroatoms. The van der Waals surface area contributed by atoms with Gasteiger partial charge in [0.05, 0.1) is 0 Å². The molecule has 0 fully saturated rings. The van der Waals surface area contributed by atoms with Crippen LogP contribution in [0.3, 0.4) is 0 Å². The zero-order valence-corrected chi connectivity index (χ0v) is 13.7. The second kappa shape index (κ2) is 5.05. The number of fused-ring (bicyclic) bond motifs is 1. The molecule has 2 aliphatic rings. The van der Waals surface area contributed by atoms with Crippen LogP contribution in [-0.4, -0.2) is 10.5 Å². The van der Waals surface area contributed by atoms with E-state index in [2.05, 4.69) is 48.2 Å². The molecule has 0 aromatic carbocycles. The summed E-state index contributed by atoms with van der Waals surface area (Å²) in [5.41, 5.74) is 0. The first-order chi connectivity index (χ1) is 7.74. The monoisotopic (exact) mass is 322 g/mol. The molecule has 0 spiro atoms. The van der Waals surface area contributed by atoms with E-state index in [1.807, 2.05) is 46.2 Å². The molecule has 0 amide bonds. The molecule has 1 aromatic heterocycles. The van der Waals surface area contributed by atoms with E-state index in [4.69, 9.17) is 0 Å². The van der Waals surface area contributed by atoms with Gasteiger partial charge in [0.1, 0.15) is 22.7 Å². The van der Waals surface area contributed by atoms with Gasteiger partial charge in [-0.3, -0.25) is 0 Å². The molecule has 2 atom stereocenters. The predicted molar refractivity (Wildman–Crippen MR) is 83.9 cm³/mol. The van der Waals surface area contributed by atoms with Gasteiger partial charge < -0.3 is 0 Å². The van der Waals surface area contributed by atoms with Gasteiger partial charge in [-0.2, -0.15) is 0 Å². The van der Waals surface area contributed by atoms with Gasteiger partial charge >= 0.3 is 0 Å². The Morgan fingerprint density at radius 2 is 1.75 bits per heavy atom. The Bertz CT molecular complexity index is 387. The maximum atomic E-state index is 2.34. The highest BCUT2D eigenvalue weighted by Crippen LogP contribution is 2.57. The maximum Gasteiger partial charge on any atom is 0.286 e. The van der Waals surface area contributed by atoms with E-state index in [0.717, 1.165) is 10.5 Å². The van der Waals surface area contributed by atoms with Crippen LogP contribution >= 0.6 is 69.7 Å². The lowest BCUT2D eigenvalue weighted by Gasteiger charge is -2.19. The van der Waals surface area contributed by atoms with Crippen LogP contribution in [0.4, 0.5) is 0 Å². The van der Waals surface area contributed by atoms with E-state index in [-0.39, 0.29) is 0 Å². The van der Waals surface area contributed by atoms with Crippen molar-refractivity contribution in [2.45, 2.75) is 32.8 Å². The molecule has 0 saturated carbocycles. The highest BCUT2D eigenvalue weighted by molar-refractivity contribution is 8.26. The molecule has 3 heterocycles. The molecule has 0 N–H and O–H groups in total. The van der Waals surface area contributed by atoms with Crippen LogP contribution in [0.5, 0.6) is 0 Å². The van der Waals surface area contributed by atoms with Gasteiger partial charge in [-0.25, -0.2) is 0 Å². The summed E-state index contributed by atoms with van der Waals surface area (Å²) in [5, 5.41) is 5.83. The number of hydrogen-bond acceptors (Lipinski definition) is 5. The molecule has 0 saturated heterocycles. The van der Waals surface area contributed by atoms with Gasteiger partial charge in [0.2, 0.25) is 8.42 Å². The summed E-state index contributed by atoms with van der Waals surface area (Å²) >= 11 is 11.8. The fourth-order valence-electron chi connectivity index (χ4n) is 1.33. The van der Waals surface area contributed by atoms with Crippen molar-refractivity contribution in [1.29, 1.82) is 0 Å². The minimum atomic E-state index is 0.739. The molecule has 3 rings (SSSR count). The Morgan fingerprint density at radius 3 is 2.50 bits per heavy atom. The van der Waals surface area contributed by atoms with Crippen LogP contribution in [0.1, 0.15) is 18.0 Å². The summed E-state index contributed by atoms with van der Waals surface area (Å²) < 4.78 is 6.03. The zero-order valence-electron chi connectivity index (χ0n) is 8.76. The third-order valence-corrected chi connectivity index (χ3v) is 11.2. The largest absolute Gasteiger partial charge is 0.286 e. The quantitative estimate of drug-likeness (QED) is 0.594. The van der Waals surface area contributed by atoms with Crippen molar-refractivity contribution in [2.75, 3.05) is 0 Å². The van der Waals surface area contributed by atoms with Crippen LogP contribution < -0.4 is 0 Å². The Kier molecular flexibility index (Phi) is 3.86. The average Bonchev–Trinajstić information content (AvgIpc) is 2.86. The molecule has 0 aliphatic carbocycles. The first-order valence-corrected chi connectivity index (χ1v) is 10.0. The van der Waals surface area contributed by atoms with Crippen molar-refractivity contribution in [1.82, 2.24) is 0 Å². The van der Waals surface area contributed by atoms with E-state index in [1.54, 1.807) is 0 Å². The predicted octanol–water partition coefficient (Wildman–Crippen LogP) is 5.85. The fraction of sp³-hybridized carbons (Fsp3) is 0.400. The van der Waals surface area contributed by atoms with Gasteiger partial charge in [0.25, 0.3) is 4.19 Å². The van der Waals surface area contributed by atoms with E-state index in [0.29, 0.717) is 0 Å². The van der Waals surface area contributed by atoms with E-state index in [9.17, 15) is 0 Å². The third kappa shape index (κ3) is 2.34. The molecule has 0 nitrogen and oxygen atoms in total. The summed E-state index contributed by atoms with van der Waals surface area (Å²) in [5.74, 6) is 0. The summed E-state index contributed by atoms with van der Waals surface area (Å²) in [6.45, 7) is 4.67. The Hall–Kier alpha value is 1.19. The molecule has 1 aromatic rings. The highest BCUT2D eigenvalue weighted by atomic mass is 32.2. The summed E-state index contributed by atoms with van der Waals surface area (Å²) in [7, 11) is 0. The maximum absolute atomic E-state index is 2.34. The van der Waals surface area contributed by atoms with Crippen LogP contribution in [0.2, 0.25) is 0 Å². The Balaban J connectivity index is 1.86. The highest BCUT2D eigenvalue weighted by Gasteiger charge is 2.37. The lowest BCUT2D eigenvalue weighted by atomic mass is 10.4. The number of rotatable bonds is 1. The van der Waals surface area contributed by atoms with Gasteiger partial charge in [-0.1, -0.05) is 37.4 Å². The second-order valence-corrected chi connectivity index (χ2v) is 11.2. The first-order valence-electron chi connectivity index (χ1n) is 4.90. The van der Waals surface area contributed by atoms with Crippen LogP contribution in [-0.2, 0) is 0 Å². The summed E-state index contributed by atoms with van der Waals surface area (Å²) in [4.78, 5) is 0. The van der Waals surface area contributed by atoms with Crippen molar-refractivity contribution >= 4 is 69.7 Å². The van der Waals surface area contributed by atoms with Crippen LogP contribution in [0, 0.1) is 4.58 Å². The minimum Gasteiger partial charge on any atom is -0.102 e. The molecular formula is C10H10S6+. The number of thioether (sulfide) groups is 4. The summed E-state index contributed by atoms with van der Waals surface area (Å²) in [6, 6.07) is 0. The van der Waals surface area contributed by atoms with Crippen molar-refractivity contribution in [3.8, 4) is 0 Å². The molecule has 2 aliphatic heterocycles. The molecular weight excluding hydrogens is 313 g/mol. The standard InChI is InChI=1S/C10H10S6/c1-5-6(2)14-10-9(13-5)15-8(16-10)7-11-3-4-12-7/h3-6H,1-2H3/q+1/t5-,6-/m1/s1. The van der Waals surface area contributed by atoms with E-state index >= 15 is 0 Å². The molecule has 16 heavy (non-hydrogen) atoms. The van der Waals surface area contributed by atoms with Crippen LogP contribution in [0.15, 0.2) is 19.2 Å². The zero-order chi connectivity index (χ0) is 11.1. The van der Waals surface area contributed by atoms with Crippen molar-refractivity contribution in [3.63, 3.8) is 0 Å². The molecule has 0 bridgehead atoms. The molecule has 85 valence electrons. The van der Waals surface area contributed by atoms with Crippen molar-refractivity contribution < 1.29 is 0 Å². The van der Waals surface area contributed by atoms with Crippen LogP contribution in [0.25, 0.3) is 0 Å². The van der Waals surface area contributed by atoms with Gasteiger partial charge in [0.15, 0.2) is 4.58 Å². The topological polar surface area (TPSA) is 0 Å². The minimum absolute atomic E-state index is 0.739. The van der Waals surface area contributed by atoms with Gasteiger partial charge in [-0.05, 0) is 10.8 Å². The SMILES string of the molecule is C[C@H]1Sc2sc([C]3SC=CS3)[s+]c2S[C@@H]1C. The van der Waals surface area contributed by atoms with Gasteiger partial charge in [0, 0.05) is 10.5 Å². The number of hydrogen-bond donors (Lipinski definition) is 0. The Labute approximate surface area is 121 Å². The normalized spacial score (nSPS) is 29.6. The van der Waals surface area contributed by atoms with E-state index in [1.165, 1.54) is 17.2 Å². The molecule has 1 radical (unpaired) electrons. The second-order valence-electron chi connectivity index (χ2n) is 3.51. The fourth-order valence-corrected chi connectivity index (χ4v) is 9.96. The third-order valence-electron chi connectivity index (χ3n) is 2.36. The first kappa shape index (κ1) is 12.2. The lowest BCUT2D eigenvalue weighted by molar-refractivity contribution is 0.918. The van der Waals surface area contributed by atoms with Gasteiger partial charge in [-0.15, -0.1) is 23.5 Å². The summed E-state index contributed by atoms with van der Waals surface area (Å²) in [6.07, 6.45) is 0. The lowest BCUT2D eigenvalue weighted by Crippen LogP contribution is -2.14.